The Hall–Kier alpha value is -0.960. The maximum atomic E-state index is 12.9. The molecule has 1 fully saturated rings. The van der Waals surface area contributed by atoms with Crippen LogP contribution in [0.1, 0.15) is 206 Å². The Bertz CT molecular complexity index is 1070. The van der Waals surface area contributed by atoms with E-state index in [2.05, 4.69) is 19.2 Å². The van der Waals surface area contributed by atoms with E-state index in [0.717, 1.165) is 44.9 Å². The zero-order valence-corrected chi connectivity index (χ0v) is 37.8. The Morgan fingerprint density at radius 2 is 0.966 bits per heavy atom. The minimum absolute atomic E-state index is 0.241. The van der Waals surface area contributed by atoms with Crippen molar-refractivity contribution in [2.45, 2.75) is 261 Å². The van der Waals surface area contributed by atoms with Crippen LogP contribution in [0.15, 0.2) is 12.2 Å². The molecule has 1 saturated carbocycles. The standard InChI is InChI=1S/C45H88NO12P/c1-3-5-7-9-11-13-14-15-16-17-18-19-20-21-22-23-24-25-27-29-31-33-38(48)37(46-39(49)34-36(47)32-30-28-26-12-10-8-6-4-2)35-57-59(55,56)58-45-43(53)41(51)40(50)42(52)44(45)54/h31,33,36-38,40-45,47-48,50-54H,3-30,32,34-35H2,1-2H3,(H,46,49)(H,55,56)/b33-31+. The van der Waals surface area contributed by atoms with Crippen LogP contribution in [-0.2, 0) is 18.4 Å². The summed E-state index contributed by atoms with van der Waals surface area (Å²) in [6, 6.07) is -1.23. The number of phosphoric ester groups is 1. The second-order valence-corrected chi connectivity index (χ2v) is 18.6. The average Bonchev–Trinajstić information content (AvgIpc) is 3.21. The fourth-order valence-electron chi connectivity index (χ4n) is 7.71. The molecule has 350 valence electrons. The fraction of sp³-hybridized carbons (Fsp3) is 0.933. The first-order valence-corrected chi connectivity index (χ1v) is 25.2. The number of allylic oxidation sites excluding steroid dienone is 1. The molecule has 0 aromatic heterocycles. The van der Waals surface area contributed by atoms with Crippen LogP contribution in [-0.4, -0.2) is 108 Å². The molecule has 13 nitrogen and oxygen atoms in total. The number of aliphatic hydroxyl groups excluding tert-OH is 7. The molecule has 0 spiro atoms. The van der Waals surface area contributed by atoms with Gasteiger partial charge in [-0.05, 0) is 19.3 Å². The van der Waals surface area contributed by atoms with Crippen molar-refractivity contribution in [3.8, 4) is 0 Å². The van der Waals surface area contributed by atoms with Crippen LogP contribution < -0.4 is 5.32 Å². The van der Waals surface area contributed by atoms with E-state index in [9.17, 15) is 50.0 Å². The Morgan fingerprint density at radius 3 is 1.39 bits per heavy atom. The second-order valence-electron chi connectivity index (χ2n) is 17.2. The Kier molecular flexibility index (Phi) is 33.7. The SMILES string of the molecule is CCCCCCCCCCCCCCCCCCCCC/C=C/C(O)C(COP(=O)(O)OC1C(O)C(O)C(O)C(O)C1O)NC(=O)CC(O)CCCCCCCCCC. The van der Waals surface area contributed by atoms with E-state index in [0.29, 0.717) is 12.8 Å². The van der Waals surface area contributed by atoms with Crippen LogP contribution in [0, 0.1) is 0 Å². The Morgan fingerprint density at radius 1 is 0.593 bits per heavy atom. The third-order valence-electron chi connectivity index (χ3n) is 11.6. The van der Waals surface area contributed by atoms with Gasteiger partial charge < -0.3 is 46.0 Å². The van der Waals surface area contributed by atoms with Crippen LogP contribution in [0.3, 0.4) is 0 Å². The van der Waals surface area contributed by atoms with E-state index < -0.39 is 75.2 Å². The number of carbonyl (C=O) groups excluding carboxylic acids is 1. The van der Waals surface area contributed by atoms with E-state index in [1.165, 1.54) is 134 Å². The number of aliphatic hydroxyl groups is 7. The highest BCUT2D eigenvalue weighted by molar-refractivity contribution is 7.47. The molecule has 59 heavy (non-hydrogen) atoms. The molecule has 0 aromatic carbocycles. The zero-order valence-electron chi connectivity index (χ0n) is 36.9. The van der Waals surface area contributed by atoms with E-state index >= 15 is 0 Å². The highest BCUT2D eigenvalue weighted by Gasteiger charge is 2.51. The number of carbonyl (C=O) groups is 1. The smallest absolute Gasteiger partial charge is 0.393 e. The van der Waals surface area contributed by atoms with Crippen molar-refractivity contribution >= 4 is 13.7 Å². The summed E-state index contributed by atoms with van der Waals surface area (Å²) in [5, 5.41) is 74.3. The quantitative estimate of drug-likeness (QED) is 0.0164. The maximum absolute atomic E-state index is 12.9. The van der Waals surface area contributed by atoms with Gasteiger partial charge in [0, 0.05) is 0 Å². The molecule has 1 aliphatic carbocycles. The summed E-state index contributed by atoms with van der Waals surface area (Å²) < 4.78 is 22.8. The van der Waals surface area contributed by atoms with Gasteiger partial charge in [-0.3, -0.25) is 13.8 Å². The largest absolute Gasteiger partial charge is 0.472 e. The highest BCUT2D eigenvalue weighted by atomic mass is 31.2. The van der Waals surface area contributed by atoms with Crippen LogP contribution in [0.5, 0.6) is 0 Å². The predicted octanol–water partition coefficient (Wildman–Crippen LogP) is 7.81. The third kappa shape index (κ3) is 27.7. The van der Waals surface area contributed by atoms with Gasteiger partial charge in [0.05, 0.1) is 31.3 Å². The number of amides is 1. The number of unbranched alkanes of at least 4 members (excludes halogenated alkanes) is 26. The van der Waals surface area contributed by atoms with Gasteiger partial charge in [-0.15, -0.1) is 0 Å². The van der Waals surface area contributed by atoms with Gasteiger partial charge in [0.15, 0.2) is 0 Å². The van der Waals surface area contributed by atoms with E-state index in [4.69, 9.17) is 9.05 Å². The number of rotatable bonds is 39. The first kappa shape index (κ1) is 56.1. The molecule has 8 atom stereocenters. The van der Waals surface area contributed by atoms with E-state index in [1.807, 2.05) is 0 Å². The van der Waals surface area contributed by atoms with E-state index in [-0.39, 0.29) is 6.42 Å². The molecular weight excluding hydrogens is 777 g/mol. The zero-order chi connectivity index (χ0) is 43.7. The molecule has 0 aromatic rings. The summed E-state index contributed by atoms with van der Waals surface area (Å²) in [5.41, 5.74) is 0. The molecule has 0 aliphatic heterocycles. The van der Waals surface area contributed by atoms with Crippen LogP contribution in [0.4, 0.5) is 0 Å². The van der Waals surface area contributed by atoms with Crippen molar-refractivity contribution in [2.24, 2.45) is 0 Å². The van der Waals surface area contributed by atoms with Gasteiger partial charge in [-0.1, -0.05) is 193 Å². The topological polar surface area (TPSA) is 226 Å². The summed E-state index contributed by atoms with van der Waals surface area (Å²) >= 11 is 0. The fourth-order valence-corrected chi connectivity index (χ4v) is 8.68. The van der Waals surface area contributed by atoms with E-state index in [1.54, 1.807) is 6.08 Å². The lowest BCUT2D eigenvalue weighted by molar-refractivity contribution is -0.220. The number of hydrogen-bond donors (Lipinski definition) is 9. The Labute approximate surface area is 357 Å². The summed E-state index contributed by atoms with van der Waals surface area (Å²) in [6.45, 7) is 3.71. The van der Waals surface area contributed by atoms with Gasteiger partial charge in [0.25, 0.3) is 0 Å². The molecule has 9 N–H and O–H groups in total. The molecular formula is C45H88NO12P. The van der Waals surface area contributed by atoms with Crippen molar-refractivity contribution in [1.82, 2.24) is 5.32 Å². The molecule has 1 aliphatic rings. The lowest BCUT2D eigenvalue weighted by atomic mass is 9.85. The van der Waals surface area contributed by atoms with Crippen molar-refractivity contribution in [1.29, 1.82) is 0 Å². The van der Waals surface area contributed by atoms with Gasteiger partial charge in [-0.2, -0.15) is 0 Å². The molecule has 14 heteroatoms. The second kappa shape index (κ2) is 35.5. The minimum Gasteiger partial charge on any atom is -0.393 e. The maximum Gasteiger partial charge on any atom is 0.472 e. The van der Waals surface area contributed by atoms with Crippen molar-refractivity contribution < 1.29 is 59.0 Å². The molecule has 1 rings (SSSR count). The van der Waals surface area contributed by atoms with Crippen molar-refractivity contribution in [3.05, 3.63) is 12.2 Å². The number of phosphoric acid groups is 1. The summed E-state index contributed by atoms with van der Waals surface area (Å²) in [5.74, 6) is -0.594. The first-order valence-electron chi connectivity index (χ1n) is 23.7. The Balaban J connectivity index is 2.48. The van der Waals surface area contributed by atoms with Gasteiger partial charge >= 0.3 is 7.82 Å². The predicted molar refractivity (Wildman–Crippen MR) is 234 cm³/mol. The highest BCUT2D eigenvalue weighted by Crippen LogP contribution is 2.47. The summed E-state index contributed by atoms with van der Waals surface area (Å²) in [6.07, 6.45) is 23.3. The van der Waals surface area contributed by atoms with Gasteiger partial charge in [0.1, 0.15) is 36.6 Å². The molecule has 0 saturated heterocycles. The minimum atomic E-state index is -5.13. The van der Waals surface area contributed by atoms with Crippen LogP contribution in [0.25, 0.3) is 0 Å². The normalized spacial score (nSPS) is 23.6. The molecule has 8 unspecified atom stereocenters. The summed E-state index contributed by atoms with van der Waals surface area (Å²) in [4.78, 5) is 23.3. The third-order valence-corrected chi connectivity index (χ3v) is 12.6. The van der Waals surface area contributed by atoms with Crippen molar-refractivity contribution in [2.75, 3.05) is 6.61 Å². The molecule has 0 radical (unpaired) electrons. The van der Waals surface area contributed by atoms with Crippen molar-refractivity contribution in [3.63, 3.8) is 0 Å². The van der Waals surface area contributed by atoms with Crippen LogP contribution >= 0.6 is 7.82 Å². The number of nitrogens with one attached hydrogen (secondary N) is 1. The van der Waals surface area contributed by atoms with Gasteiger partial charge in [0.2, 0.25) is 5.91 Å². The molecule has 1 amide bonds. The lowest BCUT2D eigenvalue weighted by Gasteiger charge is -2.41. The summed E-state index contributed by atoms with van der Waals surface area (Å²) in [7, 11) is -5.13. The van der Waals surface area contributed by atoms with Gasteiger partial charge in [-0.25, -0.2) is 4.57 Å². The first-order chi connectivity index (χ1) is 28.3. The van der Waals surface area contributed by atoms with Crippen LogP contribution in [0.2, 0.25) is 0 Å². The monoisotopic (exact) mass is 866 g/mol. The average molecular weight is 866 g/mol. The number of hydrogen-bond acceptors (Lipinski definition) is 11. The molecule has 0 bridgehead atoms. The molecule has 0 heterocycles. The lowest BCUT2D eigenvalue weighted by Crippen LogP contribution is -2.64.